The third-order valence-corrected chi connectivity index (χ3v) is 4.00. The zero-order valence-corrected chi connectivity index (χ0v) is 13.4. The summed E-state index contributed by atoms with van der Waals surface area (Å²) < 4.78 is 0. The van der Waals surface area contributed by atoms with Crippen LogP contribution < -0.4 is 5.32 Å². The van der Waals surface area contributed by atoms with Crippen LogP contribution in [-0.4, -0.2) is 11.0 Å². The lowest BCUT2D eigenvalue weighted by Gasteiger charge is -2.10. The Bertz CT molecular complexity index is 890. The number of carbonyl (C=O) groups is 1. The van der Waals surface area contributed by atoms with Crippen LogP contribution in [0.1, 0.15) is 11.1 Å². The van der Waals surface area contributed by atoms with Crippen LogP contribution in [0, 0.1) is 6.92 Å². The Balaban J connectivity index is 1.81. The zero-order valence-electron chi connectivity index (χ0n) is 12.6. The Morgan fingerprint density at radius 3 is 2.48 bits per heavy atom. The second-order valence-corrected chi connectivity index (χ2v) is 5.95. The first-order valence-electron chi connectivity index (χ1n) is 7.29. The maximum absolute atomic E-state index is 12.3. The van der Waals surface area contributed by atoms with Crippen molar-refractivity contribution in [2.45, 2.75) is 13.3 Å². The molecule has 4 heteroatoms. The molecule has 0 fully saturated rings. The molecule has 0 atom stereocenters. The van der Waals surface area contributed by atoms with Crippen LogP contribution in [0.25, 0.3) is 10.8 Å². The van der Waals surface area contributed by atoms with Crippen LogP contribution in [0.5, 0.6) is 5.75 Å². The molecular weight excluding hydrogens is 310 g/mol. The van der Waals surface area contributed by atoms with E-state index >= 15 is 0 Å². The molecule has 23 heavy (non-hydrogen) atoms. The quantitative estimate of drug-likeness (QED) is 0.734. The van der Waals surface area contributed by atoms with E-state index < -0.39 is 0 Å². The predicted molar refractivity (Wildman–Crippen MR) is 94.1 cm³/mol. The molecule has 0 heterocycles. The number of rotatable bonds is 3. The number of anilines is 1. The van der Waals surface area contributed by atoms with Crippen molar-refractivity contribution in [1.29, 1.82) is 0 Å². The summed E-state index contributed by atoms with van der Waals surface area (Å²) in [6.45, 7) is 1.88. The van der Waals surface area contributed by atoms with Crippen molar-refractivity contribution in [3.8, 4) is 5.75 Å². The molecule has 0 bridgehead atoms. The van der Waals surface area contributed by atoms with Gasteiger partial charge in [-0.1, -0.05) is 35.9 Å². The standard InChI is InChI=1S/C19H16ClNO2/c1-12-8-16(20)6-7-17(12)21-19(23)11-15-9-13-4-2-3-5-14(13)10-18(15)22/h2-10,22H,11H2,1H3,(H,21,23). The summed E-state index contributed by atoms with van der Waals surface area (Å²) in [4.78, 5) is 12.3. The first-order valence-corrected chi connectivity index (χ1v) is 7.67. The predicted octanol–water partition coefficient (Wildman–Crippen LogP) is 4.69. The van der Waals surface area contributed by atoms with Gasteiger partial charge in [-0.25, -0.2) is 0 Å². The molecule has 0 saturated heterocycles. The molecule has 0 aromatic heterocycles. The highest BCUT2D eigenvalue weighted by atomic mass is 35.5. The maximum Gasteiger partial charge on any atom is 0.228 e. The summed E-state index contributed by atoms with van der Waals surface area (Å²) in [5, 5.41) is 15.5. The van der Waals surface area contributed by atoms with Crippen LogP contribution in [0.15, 0.2) is 54.6 Å². The number of phenols is 1. The monoisotopic (exact) mass is 325 g/mol. The van der Waals surface area contributed by atoms with Gasteiger partial charge in [-0.2, -0.15) is 0 Å². The first kappa shape index (κ1) is 15.4. The van der Waals surface area contributed by atoms with E-state index in [1.165, 1.54) is 0 Å². The fraction of sp³-hybridized carbons (Fsp3) is 0.105. The lowest BCUT2D eigenvalue weighted by molar-refractivity contribution is -0.115. The summed E-state index contributed by atoms with van der Waals surface area (Å²) in [7, 11) is 0. The molecule has 3 rings (SSSR count). The number of carbonyl (C=O) groups excluding carboxylic acids is 1. The van der Waals surface area contributed by atoms with Crippen LogP contribution in [0.4, 0.5) is 5.69 Å². The first-order chi connectivity index (χ1) is 11.0. The van der Waals surface area contributed by atoms with E-state index in [-0.39, 0.29) is 18.1 Å². The van der Waals surface area contributed by atoms with Gasteiger partial charge in [-0.3, -0.25) is 4.79 Å². The highest BCUT2D eigenvalue weighted by Gasteiger charge is 2.10. The number of aromatic hydroxyl groups is 1. The van der Waals surface area contributed by atoms with E-state index in [9.17, 15) is 9.90 Å². The Kier molecular flexibility index (Phi) is 4.22. The van der Waals surface area contributed by atoms with Crippen molar-refractivity contribution in [2.24, 2.45) is 0 Å². The van der Waals surface area contributed by atoms with Crippen molar-refractivity contribution < 1.29 is 9.90 Å². The molecule has 0 radical (unpaired) electrons. The minimum absolute atomic E-state index is 0.110. The lowest BCUT2D eigenvalue weighted by atomic mass is 10.0. The second-order valence-electron chi connectivity index (χ2n) is 5.51. The van der Waals surface area contributed by atoms with Gasteiger partial charge < -0.3 is 10.4 Å². The lowest BCUT2D eigenvalue weighted by Crippen LogP contribution is -2.15. The summed E-state index contributed by atoms with van der Waals surface area (Å²) in [6.07, 6.45) is 0.110. The molecule has 0 aliphatic heterocycles. The molecule has 3 nitrogen and oxygen atoms in total. The number of hydrogen-bond acceptors (Lipinski definition) is 2. The van der Waals surface area contributed by atoms with Gasteiger partial charge >= 0.3 is 0 Å². The summed E-state index contributed by atoms with van der Waals surface area (Å²) in [5.41, 5.74) is 2.22. The minimum Gasteiger partial charge on any atom is -0.508 e. The SMILES string of the molecule is Cc1cc(Cl)ccc1NC(=O)Cc1cc2ccccc2cc1O. The number of fused-ring (bicyclic) bond motifs is 1. The van der Waals surface area contributed by atoms with Gasteiger partial charge in [-0.05, 0) is 53.6 Å². The van der Waals surface area contributed by atoms with Crippen LogP contribution in [0.3, 0.4) is 0 Å². The number of nitrogens with one attached hydrogen (secondary N) is 1. The normalized spacial score (nSPS) is 10.7. The fourth-order valence-corrected chi connectivity index (χ4v) is 2.78. The smallest absolute Gasteiger partial charge is 0.228 e. The topological polar surface area (TPSA) is 49.3 Å². The third-order valence-electron chi connectivity index (χ3n) is 3.76. The van der Waals surface area contributed by atoms with Gasteiger partial charge in [0.15, 0.2) is 0 Å². The number of phenolic OH excluding ortho intramolecular Hbond substituents is 1. The van der Waals surface area contributed by atoms with E-state index in [2.05, 4.69) is 5.32 Å². The van der Waals surface area contributed by atoms with Crippen molar-refractivity contribution in [1.82, 2.24) is 0 Å². The van der Waals surface area contributed by atoms with Crippen molar-refractivity contribution in [3.63, 3.8) is 0 Å². The summed E-state index contributed by atoms with van der Waals surface area (Å²) in [5.74, 6) is -0.0484. The van der Waals surface area contributed by atoms with Crippen molar-refractivity contribution in [2.75, 3.05) is 5.32 Å². The molecule has 0 aliphatic rings. The highest BCUT2D eigenvalue weighted by Crippen LogP contribution is 2.26. The van der Waals surface area contributed by atoms with Gasteiger partial charge in [0.1, 0.15) is 5.75 Å². The number of hydrogen-bond donors (Lipinski definition) is 2. The molecule has 3 aromatic carbocycles. The molecule has 0 aliphatic carbocycles. The Morgan fingerprint density at radius 1 is 1.09 bits per heavy atom. The van der Waals surface area contributed by atoms with E-state index in [1.54, 1.807) is 24.3 Å². The van der Waals surface area contributed by atoms with Gasteiger partial charge in [0.2, 0.25) is 5.91 Å². The number of benzene rings is 3. The Hall–Kier alpha value is -2.52. The second kappa shape index (κ2) is 6.31. The largest absolute Gasteiger partial charge is 0.508 e. The van der Waals surface area contributed by atoms with Gasteiger partial charge in [0.25, 0.3) is 0 Å². The van der Waals surface area contributed by atoms with E-state index in [0.29, 0.717) is 10.6 Å². The molecule has 116 valence electrons. The Labute approximate surface area is 139 Å². The van der Waals surface area contributed by atoms with Crippen LogP contribution >= 0.6 is 11.6 Å². The highest BCUT2D eigenvalue weighted by molar-refractivity contribution is 6.30. The Morgan fingerprint density at radius 2 is 1.78 bits per heavy atom. The third kappa shape index (κ3) is 3.46. The molecule has 1 amide bonds. The van der Waals surface area contributed by atoms with Gasteiger partial charge in [-0.15, -0.1) is 0 Å². The van der Waals surface area contributed by atoms with Crippen molar-refractivity contribution in [3.05, 3.63) is 70.7 Å². The minimum atomic E-state index is -0.180. The van der Waals surface area contributed by atoms with Crippen LogP contribution in [-0.2, 0) is 11.2 Å². The van der Waals surface area contributed by atoms with E-state index in [1.807, 2.05) is 37.3 Å². The van der Waals surface area contributed by atoms with E-state index in [4.69, 9.17) is 11.6 Å². The summed E-state index contributed by atoms with van der Waals surface area (Å²) >= 11 is 5.91. The number of amides is 1. The zero-order chi connectivity index (χ0) is 16.4. The van der Waals surface area contributed by atoms with Crippen molar-refractivity contribution >= 4 is 34.0 Å². The maximum atomic E-state index is 12.3. The summed E-state index contributed by atoms with van der Waals surface area (Å²) in [6, 6.07) is 16.6. The van der Waals surface area contributed by atoms with E-state index in [0.717, 1.165) is 22.0 Å². The molecular formula is C19H16ClNO2. The number of halogens is 1. The molecule has 0 spiro atoms. The molecule has 3 aromatic rings. The average Bonchev–Trinajstić information content (AvgIpc) is 2.51. The van der Waals surface area contributed by atoms with Crippen LogP contribution in [0.2, 0.25) is 5.02 Å². The average molecular weight is 326 g/mol. The number of aryl methyl sites for hydroxylation is 1. The van der Waals surface area contributed by atoms with Gasteiger partial charge in [0, 0.05) is 16.3 Å². The molecule has 0 unspecified atom stereocenters. The molecule has 2 N–H and O–H groups in total. The molecule has 0 saturated carbocycles. The van der Waals surface area contributed by atoms with Gasteiger partial charge in [0.05, 0.1) is 6.42 Å². The fourth-order valence-electron chi connectivity index (χ4n) is 2.55.